The van der Waals surface area contributed by atoms with Crippen molar-refractivity contribution >= 4 is 23.4 Å². The number of carbonyl (C=O) groups is 1. The van der Waals surface area contributed by atoms with Crippen LogP contribution < -0.4 is 5.32 Å². The second-order valence-electron chi connectivity index (χ2n) is 6.14. The Bertz CT molecular complexity index is 649. The molecule has 0 aliphatic heterocycles. The first-order valence-corrected chi connectivity index (χ1v) is 8.73. The molecule has 23 heavy (non-hydrogen) atoms. The lowest BCUT2D eigenvalue weighted by Crippen LogP contribution is -2.23. The molecule has 1 amide bonds. The lowest BCUT2D eigenvalue weighted by molar-refractivity contribution is -0.115. The average Bonchev–Trinajstić information content (AvgIpc) is 2.96. The van der Waals surface area contributed by atoms with E-state index in [9.17, 15) is 4.79 Å². The molecule has 0 fully saturated rings. The van der Waals surface area contributed by atoms with Gasteiger partial charge in [0.05, 0.1) is 5.25 Å². The van der Waals surface area contributed by atoms with Crippen molar-refractivity contribution in [3.63, 3.8) is 0 Å². The Hall–Kier alpha value is -1.82. The van der Waals surface area contributed by atoms with Crippen LogP contribution in [-0.4, -0.2) is 25.9 Å². The molecule has 0 bridgehead atoms. The van der Waals surface area contributed by atoms with Gasteiger partial charge in [-0.05, 0) is 44.4 Å². The van der Waals surface area contributed by atoms with Gasteiger partial charge in [-0.1, -0.05) is 37.7 Å². The van der Waals surface area contributed by atoms with Gasteiger partial charge in [-0.3, -0.25) is 4.79 Å². The molecule has 0 radical (unpaired) electrons. The zero-order chi connectivity index (χ0) is 17.0. The quantitative estimate of drug-likeness (QED) is 0.809. The highest BCUT2D eigenvalue weighted by Crippen LogP contribution is 2.24. The molecule has 5 nitrogen and oxygen atoms in total. The number of aromatic nitrogens is 3. The Morgan fingerprint density at radius 1 is 1.13 bits per heavy atom. The summed E-state index contributed by atoms with van der Waals surface area (Å²) >= 11 is 1.42. The minimum absolute atomic E-state index is 0.0365. The number of rotatable bonds is 6. The maximum absolute atomic E-state index is 12.3. The zero-order valence-corrected chi connectivity index (χ0v) is 15.1. The maximum Gasteiger partial charge on any atom is 0.237 e. The van der Waals surface area contributed by atoms with Crippen LogP contribution in [0.1, 0.15) is 52.1 Å². The number of benzene rings is 1. The summed E-state index contributed by atoms with van der Waals surface area (Å²) in [4.78, 5) is 12.3. The predicted octanol–water partition coefficient (Wildman–Crippen LogP) is 4.10. The van der Waals surface area contributed by atoms with Crippen molar-refractivity contribution in [2.24, 2.45) is 0 Å². The number of hydrogen-bond acceptors (Lipinski definition) is 4. The van der Waals surface area contributed by atoms with Crippen LogP contribution in [0, 0.1) is 0 Å². The number of nitrogens with zero attached hydrogens (tertiary/aromatic N) is 3. The Morgan fingerprint density at radius 2 is 1.78 bits per heavy atom. The Morgan fingerprint density at radius 3 is 2.35 bits per heavy atom. The monoisotopic (exact) mass is 332 g/mol. The molecule has 0 spiro atoms. The standard InChI is InChI=1S/C17H24N4OS/c1-11(2)14-6-8-15(9-7-14)19-16(22)13(5)23-17-20-18-10-21(17)12(3)4/h6-13H,1-5H3,(H,19,22)/t13-/m0/s1. The number of carbonyl (C=O) groups excluding carboxylic acids is 1. The van der Waals surface area contributed by atoms with Gasteiger partial charge in [-0.2, -0.15) is 0 Å². The van der Waals surface area contributed by atoms with Gasteiger partial charge in [0.2, 0.25) is 5.91 Å². The van der Waals surface area contributed by atoms with Crippen molar-refractivity contribution in [3.8, 4) is 0 Å². The molecule has 1 N–H and O–H groups in total. The van der Waals surface area contributed by atoms with E-state index in [1.54, 1.807) is 6.33 Å². The molecule has 0 unspecified atom stereocenters. The van der Waals surface area contributed by atoms with E-state index in [4.69, 9.17) is 0 Å². The first-order chi connectivity index (χ1) is 10.9. The molecular weight excluding hydrogens is 308 g/mol. The fourth-order valence-electron chi connectivity index (χ4n) is 2.08. The van der Waals surface area contributed by atoms with Crippen LogP contribution in [-0.2, 0) is 4.79 Å². The van der Waals surface area contributed by atoms with Crippen molar-refractivity contribution in [1.29, 1.82) is 0 Å². The summed E-state index contributed by atoms with van der Waals surface area (Å²) in [5, 5.41) is 11.5. The lowest BCUT2D eigenvalue weighted by atomic mass is 10.0. The van der Waals surface area contributed by atoms with Crippen LogP contribution >= 0.6 is 11.8 Å². The molecule has 1 heterocycles. The van der Waals surface area contributed by atoms with E-state index >= 15 is 0 Å². The summed E-state index contributed by atoms with van der Waals surface area (Å²) in [5.74, 6) is 0.447. The van der Waals surface area contributed by atoms with E-state index in [2.05, 4.69) is 43.2 Å². The van der Waals surface area contributed by atoms with Crippen LogP contribution in [0.3, 0.4) is 0 Å². The van der Waals surface area contributed by atoms with Crippen LogP contribution in [0.4, 0.5) is 5.69 Å². The maximum atomic E-state index is 12.3. The molecule has 1 aromatic heterocycles. The largest absolute Gasteiger partial charge is 0.325 e. The third kappa shape index (κ3) is 4.58. The molecule has 1 atom stereocenters. The smallest absolute Gasteiger partial charge is 0.237 e. The van der Waals surface area contributed by atoms with Crippen molar-refractivity contribution in [2.45, 2.75) is 57.0 Å². The van der Waals surface area contributed by atoms with E-state index in [0.717, 1.165) is 10.8 Å². The topological polar surface area (TPSA) is 59.8 Å². The highest BCUT2D eigenvalue weighted by Gasteiger charge is 2.18. The van der Waals surface area contributed by atoms with Gasteiger partial charge >= 0.3 is 0 Å². The van der Waals surface area contributed by atoms with E-state index < -0.39 is 0 Å². The Balaban J connectivity index is 1.98. The number of nitrogens with one attached hydrogen (secondary N) is 1. The van der Waals surface area contributed by atoms with Crippen molar-refractivity contribution in [1.82, 2.24) is 14.8 Å². The molecule has 0 aliphatic rings. The van der Waals surface area contributed by atoms with Gasteiger partial charge in [0, 0.05) is 11.7 Å². The zero-order valence-electron chi connectivity index (χ0n) is 14.3. The fraction of sp³-hybridized carbons (Fsp3) is 0.471. The minimum Gasteiger partial charge on any atom is -0.325 e. The molecule has 2 aromatic rings. The second-order valence-corrected chi connectivity index (χ2v) is 7.45. The summed E-state index contributed by atoms with van der Waals surface area (Å²) in [6.07, 6.45) is 1.70. The predicted molar refractivity (Wildman–Crippen MR) is 94.9 cm³/mol. The molecular formula is C17H24N4OS. The number of amides is 1. The van der Waals surface area contributed by atoms with E-state index in [0.29, 0.717) is 5.92 Å². The Labute approximate surface area is 141 Å². The number of thioether (sulfide) groups is 1. The van der Waals surface area contributed by atoms with Gasteiger partial charge in [0.15, 0.2) is 5.16 Å². The first-order valence-electron chi connectivity index (χ1n) is 7.85. The molecule has 0 saturated heterocycles. The minimum atomic E-state index is -0.249. The van der Waals surface area contributed by atoms with E-state index in [-0.39, 0.29) is 17.2 Å². The summed E-state index contributed by atoms with van der Waals surface area (Å²) in [5.41, 5.74) is 2.08. The van der Waals surface area contributed by atoms with Crippen LogP contribution in [0.5, 0.6) is 0 Å². The number of anilines is 1. The van der Waals surface area contributed by atoms with Gasteiger partial charge in [0.1, 0.15) is 6.33 Å². The van der Waals surface area contributed by atoms with Gasteiger partial charge in [0.25, 0.3) is 0 Å². The Kier molecular flexibility index (Phi) is 5.82. The normalized spacial score (nSPS) is 12.7. The van der Waals surface area contributed by atoms with Gasteiger partial charge in [-0.25, -0.2) is 0 Å². The second kappa shape index (κ2) is 7.64. The first kappa shape index (κ1) is 17.5. The van der Waals surface area contributed by atoms with Crippen molar-refractivity contribution in [2.75, 3.05) is 5.32 Å². The van der Waals surface area contributed by atoms with Crippen molar-refractivity contribution in [3.05, 3.63) is 36.2 Å². The summed E-state index contributed by atoms with van der Waals surface area (Å²) in [7, 11) is 0. The highest BCUT2D eigenvalue weighted by molar-refractivity contribution is 8.00. The molecule has 1 aromatic carbocycles. The highest BCUT2D eigenvalue weighted by atomic mass is 32.2. The van der Waals surface area contributed by atoms with E-state index in [1.165, 1.54) is 17.3 Å². The van der Waals surface area contributed by atoms with Crippen LogP contribution in [0.15, 0.2) is 35.7 Å². The molecule has 124 valence electrons. The van der Waals surface area contributed by atoms with Gasteiger partial charge in [-0.15, -0.1) is 10.2 Å². The summed E-state index contributed by atoms with van der Waals surface area (Å²) in [6.45, 7) is 10.3. The van der Waals surface area contributed by atoms with Crippen LogP contribution in [0.2, 0.25) is 0 Å². The molecule has 0 saturated carbocycles. The summed E-state index contributed by atoms with van der Waals surface area (Å²) in [6, 6.07) is 8.26. The third-order valence-electron chi connectivity index (χ3n) is 3.59. The summed E-state index contributed by atoms with van der Waals surface area (Å²) < 4.78 is 1.96. The van der Waals surface area contributed by atoms with Gasteiger partial charge < -0.3 is 9.88 Å². The van der Waals surface area contributed by atoms with Crippen molar-refractivity contribution < 1.29 is 4.79 Å². The molecule has 0 aliphatic carbocycles. The fourth-order valence-corrected chi connectivity index (χ4v) is 3.03. The van der Waals surface area contributed by atoms with Crippen LogP contribution in [0.25, 0.3) is 0 Å². The lowest BCUT2D eigenvalue weighted by Gasteiger charge is -2.14. The molecule has 2 rings (SSSR count). The average molecular weight is 332 g/mol. The molecule has 6 heteroatoms. The third-order valence-corrected chi connectivity index (χ3v) is 4.66. The van der Waals surface area contributed by atoms with E-state index in [1.807, 2.05) is 35.8 Å². The number of hydrogen-bond donors (Lipinski definition) is 1. The SMILES string of the molecule is CC(C)c1ccc(NC(=O)[C@H](C)Sc2nncn2C(C)C)cc1.